The van der Waals surface area contributed by atoms with Crippen LogP contribution in [0.1, 0.15) is 15.9 Å². The van der Waals surface area contributed by atoms with Crippen LogP contribution >= 0.6 is 0 Å². The van der Waals surface area contributed by atoms with E-state index in [1.807, 2.05) is 73.7 Å². The first-order chi connectivity index (χ1) is 13.1. The normalized spacial score (nSPS) is 10.2. The summed E-state index contributed by atoms with van der Waals surface area (Å²) in [5.41, 5.74) is 4.13. The molecule has 0 spiro atoms. The lowest BCUT2D eigenvalue weighted by Gasteiger charge is -2.12. The molecule has 0 heterocycles. The van der Waals surface area contributed by atoms with Crippen molar-refractivity contribution >= 4 is 23.0 Å². The van der Waals surface area contributed by atoms with E-state index in [-0.39, 0.29) is 5.91 Å². The molecule has 1 amide bonds. The lowest BCUT2D eigenvalue weighted by Crippen LogP contribution is -2.13. The zero-order chi connectivity index (χ0) is 19.2. The number of carbonyl (C=O) groups excluding carboxylic acids is 1. The van der Waals surface area contributed by atoms with E-state index in [1.165, 1.54) is 0 Å². The molecule has 0 aliphatic heterocycles. The maximum Gasteiger partial charge on any atom is 0.255 e. The summed E-state index contributed by atoms with van der Waals surface area (Å²) in [4.78, 5) is 12.4. The van der Waals surface area contributed by atoms with Crippen LogP contribution in [0, 0.1) is 6.92 Å². The SMILES string of the molecule is COc1ccc(Nc2ccc(NC(=O)c3ccccc3C)cc2)cc1OC. The van der Waals surface area contributed by atoms with E-state index in [2.05, 4.69) is 10.6 Å². The maximum absolute atomic E-state index is 12.4. The highest BCUT2D eigenvalue weighted by molar-refractivity contribution is 6.05. The van der Waals surface area contributed by atoms with Crippen molar-refractivity contribution < 1.29 is 14.3 Å². The van der Waals surface area contributed by atoms with Crippen molar-refractivity contribution in [3.63, 3.8) is 0 Å². The highest BCUT2D eigenvalue weighted by atomic mass is 16.5. The molecule has 0 radical (unpaired) electrons. The van der Waals surface area contributed by atoms with Crippen LogP contribution in [0.3, 0.4) is 0 Å². The van der Waals surface area contributed by atoms with Crippen molar-refractivity contribution in [2.75, 3.05) is 24.9 Å². The number of carbonyl (C=O) groups is 1. The minimum atomic E-state index is -0.117. The predicted molar refractivity (Wildman–Crippen MR) is 108 cm³/mol. The second kappa shape index (κ2) is 8.27. The summed E-state index contributed by atoms with van der Waals surface area (Å²) < 4.78 is 10.6. The summed E-state index contributed by atoms with van der Waals surface area (Å²) >= 11 is 0. The van der Waals surface area contributed by atoms with Crippen LogP contribution in [-0.4, -0.2) is 20.1 Å². The van der Waals surface area contributed by atoms with Gasteiger partial charge in [0.05, 0.1) is 14.2 Å². The number of amides is 1. The van der Waals surface area contributed by atoms with E-state index in [9.17, 15) is 4.79 Å². The molecule has 0 saturated carbocycles. The minimum absolute atomic E-state index is 0.117. The Morgan fingerprint density at radius 1 is 0.778 bits per heavy atom. The molecule has 3 rings (SSSR count). The first kappa shape index (κ1) is 18.3. The van der Waals surface area contributed by atoms with E-state index in [0.29, 0.717) is 17.1 Å². The molecule has 3 aromatic carbocycles. The van der Waals surface area contributed by atoms with Gasteiger partial charge in [-0.2, -0.15) is 0 Å². The molecule has 27 heavy (non-hydrogen) atoms. The molecular weight excluding hydrogens is 340 g/mol. The number of hydrogen-bond donors (Lipinski definition) is 2. The largest absolute Gasteiger partial charge is 0.493 e. The highest BCUT2D eigenvalue weighted by Gasteiger charge is 2.09. The Bertz CT molecular complexity index is 937. The van der Waals surface area contributed by atoms with Crippen molar-refractivity contribution in [2.24, 2.45) is 0 Å². The number of nitrogens with one attached hydrogen (secondary N) is 2. The van der Waals surface area contributed by atoms with Crippen molar-refractivity contribution in [3.8, 4) is 11.5 Å². The Morgan fingerprint density at radius 2 is 1.41 bits per heavy atom. The third kappa shape index (κ3) is 4.39. The van der Waals surface area contributed by atoms with Gasteiger partial charge < -0.3 is 20.1 Å². The van der Waals surface area contributed by atoms with Gasteiger partial charge in [0.15, 0.2) is 11.5 Å². The zero-order valence-corrected chi connectivity index (χ0v) is 15.6. The third-order valence-electron chi connectivity index (χ3n) is 4.20. The predicted octanol–water partition coefficient (Wildman–Crippen LogP) is 5.01. The van der Waals surface area contributed by atoms with Crippen LogP contribution in [-0.2, 0) is 0 Å². The second-order valence-electron chi connectivity index (χ2n) is 6.04. The quantitative estimate of drug-likeness (QED) is 0.647. The van der Waals surface area contributed by atoms with Gasteiger partial charge >= 0.3 is 0 Å². The molecule has 0 bridgehead atoms. The van der Waals surface area contributed by atoms with Crippen molar-refractivity contribution in [1.82, 2.24) is 0 Å². The number of anilines is 3. The first-order valence-electron chi connectivity index (χ1n) is 8.57. The second-order valence-corrected chi connectivity index (χ2v) is 6.04. The van der Waals surface area contributed by atoms with Crippen molar-refractivity contribution in [3.05, 3.63) is 77.9 Å². The Morgan fingerprint density at radius 3 is 2.07 bits per heavy atom. The third-order valence-corrected chi connectivity index (χ3v) is 4.20. The molecule has 138 valence electrons. The van der Waals surface area contributed by atoms with Crippen LogP contribution in [0.2, 0.25) is 0 Å². The number of aryl methyl sites for hydroxylation is 1. The number of methoxy groups -OCH3 is 2. The summed E-state index contributed by atoms with van der Waals surface area (Å²) in [7, 11) is 3.21. The van der Waals surface area contributed by atoms with Gasteiger partial charge in [-0.3, -0.25) is 4.79 Å². The molecule has 2 N–H and O–H groups in total. The molecule has 0 aromatic heterocycles. The van der Waals surface area contributed by atoms with E-state index in [0.717, 1.165) is 22.6 Å². The minimum Gasteiger partial charge on any atom is -0.493 e. The lowest BCUT2D eigenvalue weighted by atomic mass is 10.1. The Balaban J connectivity index is 1.69. The molecule has 0 unspecified atom stereocenters. The number of benzene rings is 3. The summed E-state index contributed by atoms with van der Waals surface area (Å²) in [6, 6.07) is 20.7. The zero-order valence-electron chi connectivity index (χ0n) is 15.6. The molecule has 0 aliphatic carbocycles. The smallest absolute Gasteiger partial charge is 0.255 e. The Kier molecular flexibility index (Phi) is 5.61. The average molecular weight is 362 g/mol. The molecule has 0 aliphatic rings. The van der Waals surface area contributed by atoms with Gasteiger partial charge in [-0.25, -0.2) is 0 Å². The fourth-order valence-electron chi connectivity index (χ4n) is 2.74. The van der Waals surface area contributed by atoms with Gasteiger partial charge in [-0.1, -0.05) is 18.2 Å². The van der Waals surface area contributed by atoms with Gasteiger partial charge in [0, 0.05) is 28.7 Å². The first-order valence-corrected chi connectivity index (χ1v) is 8.57. The van der Waals surface area contributed by atoms with E-state index >= 15 is 0 Å². The molecule has 0 saturated heterocycles. The van der Waals surface area contributed by atoms with Gasteiger partial charge in [-0.05, 0) is 55.0 Å². The standard InChI is InChI=1S/C22H22N2O3/c1-15-6-4-5-7-19(15)22(25)24-17-10-8-16(9-11-17)23-18-12-13-20(26-2)21(14-18)27-3/h4-14,23H,1-3H3,(H,24,25). The van der Waals surface area contributed by atoms with Gasteiger partial charge in [0.2, 0.25) is 0 Å². The summed E-state index contributed by atoms with van der Waals surface area (Å²) in [6.07, 6.45) is 0. The molecule has 0 fully saturated rings. The number of hydrogen-bond acceptors (Lipinski definition) is 4. The van der Waals surface area contributed by atoms with E-state index in [4.69, 9.17) is 9.47 Å². The maximum atomic E-state index is 12.4. The number of ether oxygens (including phenoxy) is 2. The number of rotatable bonds is 6. The molecule has 5 nitrogen and oxygen atoms in total. The van der Waals surface area contributed by atoms with E-state index in [1.54, 1.807) is 14.2 Å². The topological polar surface area (TPSA) is 59.6 Å². The summed E-state index contributed by atoms with van der Waals surface area (Å²) in [6.45, 7) is 1.92. The Hall–Kier alpha value is -3.47. The van der Waals surface area contributed by atoms with Crippen molar-refractivity contribution in [1.29, 1.82) is 0 Å². The molecule has 5 heteroatoms. The molecule has 3 aromatic rings. The van der Waals surface area contributed by atoms with Gasteiger partial charge in [-0.15, -0.1) is 0 Å². The summed E-state index contributed by atoms with van der Waals surface area (Å²) in [5, 5.41) is 6.22. The molecular formula is C22H22N2O3. The van der Waals surface area contributed by atoms with Crippen LogP contribution in [0.5, 0.6) is 11.5 Å². The fourth-order valence-corrected chi connectivity index (χ4v) is 2.74. The lowest BCUT2D eigenvalue weighted by molar-refractivity contribution is 0.102. The van der Waals surface area contributed by atoms with Crippen molar-refractivity contribution in [2.45, 2.75) is 6.92 Å². The van der Waals surface area contributed by atoms with Crippen LogP contribution in [0.15, 0.2) is 66.7 Å². The summed E-state index contributed by atoms with van der Waals surface area (Å²) in [5.74, 6) is 1.22. The monoisotopic (exact) mass is 362 g/mol. The van der Waals surface area contributed by atoms with Gasteiger partial charge in [0.25, 0.3) is 5.91 Å². The van der Waals surface area contributed by atoms with E-state index < -0.39 is 0 Å². The Labute approximate surface area is 158 Å². The van der Waals surface area contributed by atoms with Crippen LogP contribution in [0.4, 0.5) is 17.1 Å². The average Bonchev–Trinajstić information content (AvgIpc) is 2.69. The van der Waals surface area contributed by atoms with Crippen LogP contribution in [0.25, 0.3) is 0 Å². The van der Waals surface area contributed by atoms with Crippen LogP contribution < -0.4 is 20.1 Å². The fraction of sp³-hybridized carbons (Fsp3) is 0.136. The van der Waals surface area contributed by atoms with Gasteiger partial charge in [0.1, 0.15) is 0 Å². The molecule has 0 atom stereocenters. The highest BCUT2D eigenvalue weighted by Crippen LogP contribution is 2.31.